The minimum atomic E-state index is -0.513. The highest BCUT2D eigenvalue weighted by molar-refractivity contribution is 6.31. The first-order valence-corrected chi connectivity index (χ1v) is 12.9. The zero-order valence-electron chi connectivity index (χ0n) is 20.7. The number of pyridine rings is 2. The molecule has 9 nitrogen and oxygen atoms in total. The van der Waals surface area contributed by atoms with Crippen LogP contribution in [0.2, 0.25) is 5.02 Å². The van der Waals surface area contributed by atoms with Crippen molar-refractivity contribution in [1.29, 1.82) is 5.41 Å². The Morgan fingerprint density at radius 1 is 1.03 bits per heavy atom. The molecule has 0 radical (unpaired) electrons. The smallest absolute Gasteiger partial charge is 0.151 e. The first-order chi connectivity index (χ1) is 18.5. The first-order valence-electron chi connectivity index (χ1n) is 12.5. The molecule has 0 bridgehead atoms. The summed E-state index contributed by atoms with van der Waals surface area (Å²) in [6.07, 6.45) is 2.94. The quantitative estimate of drug-likeness (QED) is 0.338. The van der Waals surface area contributed by atoms with Crippen molar-refractivity contribution in [3.63, 3.8) is 0 Å². The number of rotatable bonds is 5. The van der Waals surface area contributed by atoms with E-state index in [1.165, 1.54) is 18.2 Å². The van der Waals surface area contributed by atoms with Crippen LogP contribution in [0.15, 0.2) is 48.7 Å². The van der Waals surface area contributed by atoms with Crippen molar-refractivity contribution in [3.05, 3.63) is 76.5 Å². The van der Waals surface area contributed by atoms with Crippen LogP contribution in [0, 0.1) is 11.2 Å². The minimum Gasteiger partial charge on any atom is -0.398 e. The Hall–Kier alpha value is -4.02. The number of hydrogen-bond acceptors (Lipinski definition) is 8. The number of nitrogens with two attached hydrogens (primary N) is 1. The largest absolute Gasteiger partial charge is 0.398 e. The lowest BCUT2D eigenvalue weighted by Crippen LogP contribution is -2.43. The minimum absolute atomic E-state index is 0.0977. The number of halogens is 2. The predicted octanol–water partition coefficient (Wildman–Crippen LogP) is 3.53. The third kappa shape index (κ3) is 4.57. The molecule has 194 valence electrons. The maximum Gasteiger partial charge on any atom is 0.151 e. The fourth-order valence-electron chi connectivity index (χ4n) is 4.98. The standard InChI is InChI=1S/C27H27ClFN9/c28-17-1-2-22(29)20(11-17)27(31)21(14-30)23-3-4-24-25(34-23)12-18(15-33-24)37-9-10-38-19(16-37)13-26(35-38)36-7-5-32-6-8-36/h1-4,11-15,30,32H,5-10,16,31H2. The summed E-state index contributed by atoms with van der Waals surface area (Å²) < 4.78 is 16.6. The molecule has 5 heterocycles. The Kier molecular flexibility index (Phi) is 6.42. The topological polar surface area (TPSA) is 112 Å². The van der Waals surface area contributed by atoms with E-state index < -0.39 is 5.82 Å². The van der Waals surface area contributed by atoms with Crippen LogP contribution in [0.4, 0.5) is 15.9 Å². The van der Waals surface area contributed by atoms with Gasteiger partial charge in [-0.25, -0.2) is 9.37 Å². The number of piperazine rings is 1. The average molecular weight is 532 g/mol. The second-order valence-corrected chi connectivity index (χ2v) is 9.84. The number of benzene rings is 1. The van der Waals surface area contributed by atoms with Crippen molar-refractivity contribution in [3.8, 4) is 0 Å². The van der Waals surface area contributed by atoms with Gasteiger partial charge < -0.3 is 26.3 Å². The molecule has 6 rings (SSSR count). The van der Waals surface area contributed by atoms with Gasteiger partial charge in [0.05, 0.1) is 53.1 Å². The van der Waals surface area contributed by atoms with E-state index in [2.05, 4.69) is 30.8 Å². The van der Waals surface area contributed by atoms with Gasteiger partial charge in [-0.05, 0) is 36.4 Å². The number of aromatic nitrogens is 4. The Morgan fingerprint density at radius 2 is 1.87 bits per heavy atom. The molecule has 38 heavy (non-hydrogen) atoms. The highest BCUT2D eigenvalue weighted by Gasteiger charge is 2.22. The second kappa shape index (κ2) is 10.0. The van der Waals surface area contributed by atoms with Crippen LogP contribution < -0.4 is 20.9 Å². The Labute approximate surface area is 224 Å². The molecule has 2 aliphatic heterocycles. The van der Waals surface area contributed by atoms with E-state index in [0.29, 0.717) is 21.8 Å². The molecule has 1 saturated heterocycles. The highest BCUT2D eigenvalue weighted by Crippen LogP contribution is 2.28. The fraction of sp³-hybridized carbons (Fsp3) is 0.259. The lowest BCUT2D eigenvalue weighted by atomic mass is 10.0. The summed E-state index contributed by atoms with van der Waals surface area (Å²) in [5.41, 5.74) is 10.8. The molecular weight excluding hydrogens is 505 g/mol. The molecular formula is C27H27ClFN9. The van der Waals surface area contributed by atoms with Gasteiger partial charge in [0.2, 0.25) is 0 Å². The molecule has 0 atom stereocenters. The molecule has 0 unspecified atom stereocenters. The Bertz CT molecular complexity index is 1560. The third-order valence-corrected chi connectivity index (χ3v) is 7.28. The van der Waals surface area contributed by atoms with E-state index in [-0.39, 0.29) is 11.3 Å². The van der Waals surface area contributed by atoms with Crippen LogP contribution in [0.5, 0.6) is 0 Å². The van der Waals surface area contributed by atoms with Crippen LogP contribution >= 0.6 is 11.6 Å². The molecule has 0 saturated carbocycles. The molecule has 1 fully saturated rings. The van der Waals surface area contributed by atoms with Crippen molar-refractivity contribution in [2.45, 2.75) is 13.1 Å². The number of nitrogens with zero attached hydrogens (tertiary/aromatic N) is 6. The second-order valence-electron chi connectivity index (χ2n) is 9.40. The number of nitrogens with one attached hydrogen (secondary N) is 2. The number of hydrogen-bond donors (Lipinski definition) is 3. The molecule has 4 N–H and O–H groups in total. The maximum atomic E-state index is 14.5. The van der Waals surface area contributed by atoms with Crippen LogP contribution in [-0.2, 0) is 13.1 Å². The SMILES string of the molecule is N=CC(=C(N)c1cc(Cl)ccc1F)c1ccc2ncc(N3CCn4nc(N5CCNCC5)cc4C3)cc2n1. The lowest BCUT2D eigenvalue weighted by molar-refractivity contribution is 0.515. The summed E-state index contributed by atoms with van der Waals surface area (Å²) in [6, 6.07) is 11.9. The molecule has 11 heteroatoms. The van der Waals surface area contributed by atoms with Gasteiger partial charge in [-0.1, -0.05) is 11.6 Å². The Morgan fingerprint density at radius 3 is 2.68 bits per heavy atom. The van der Waals surface area contributed by atoms with Gasteiger partial charge in [0, 0.05) is 61.2 Å². The van der Waals surface area contributed by atoms with Crippen molar-refractivity contribution in [1.82, 2.24) is 25.1 Å². The predicted molar refractivity (Wildman–Crippen MR) is 149 cm³/mol. The molecule has 3 aromatic heterocycles. The van der Waals surface area contributed by atoms with E-state index in [4.69, 9.17) is 32.8 Å². The monoisotopic (exact) mass is 531 g/mol. The molecule has 2 aliphatic rings. The van der Waals surface area contributed by atoms with Crippen molar-refractivity contribution < 1.29 is 4.39 Å². The zero-order chi connectivity index (χ0) is 26.2. The molecule has 0 spiro atoms. The van der Waals surface area contributed by atoms with Crippen LogP contribution in [0.1, 0.15) is 17.0 Å². The van der Waals surface area contributed by atoms with Gasteiger partial charge in [-0.2, -0.15) is 5.10 Å². The van der Waals surface area contributed by atoms with Gasteiger partial charge >= 0.3 is 0 Å². The van der Waals surface area contributed by atoms with Crippen LogP contribution in [0.3, 0.4) is 0 Å². The Balaban J connectivity index is 1.30. The summed E-state index contributed by atoms with van der Waals surface area (Å²) in [6.45, 7) is 6.18. The summed E-state index contributed by atoms with van der Waals surface area (Å²) >= 11 is 6.06. The molecule has 0 aliphatic carbocycles. The normalized spacial score (nSPS) is 16.4. The van der Waals surface area contributed by atoms with Crippen LogP contribution in [-0.4, -0.2) is 58.7 Å². The number of allylic oxidation sites excluding steroid dienone is 1. The van der Waals surface area contributed by atoms with Gasteiger partial charge in [-0.15, -0.1) is 0 Å². The van der Waals surface area contributed by atoms with E-state index in [1.54, 1.807) is 6.07 Å². The third-order valence-electron chi connectivity index (χ3n) is 7.04. The van der Waals surface area contributed by atoms with Gasteiger partial charge in [0.1, 0.15) is 5.82 Å². The fourth-order valence-corrected chi connectivity index (χ4v) is 5.15. The van der Waals surface area contributed by atoms with Crippen molar-refractivity contribution in [2.75, 3.05) is 42.5 Å². The first kappa shape index (κ1) is 24.3. The van der Waals surface area contributed by atoms with E-state index in [1.807, 2.05) is 18.3 Å². The number of anilines is 2. The van der Waals surface area contributed by atoms with Gasteiger partial charge in [0.15, 0.2) is 5.82 Å². The van der Waals surface area contributed by atoms with E-state index in [0.717, 1.165) is 74.7 Å². The summed E-state index contributed by atoms with van der Waals surface area (Å²) in [5, 5.41) is 16.5. The zero-order valence-corrected chi connectivity index (χ0v) is 21.4. The lowest BCUT2D eigenvalue weighted by Gasteiger charge is -2.29. The van der Waals surface area contributed by atoms with E-state index in [9.17, 15) is 4.39 Å². The number of fused-ring (bicyclic) bond motifs is 2. The van der Waals surface area contributed by atoms with Crippen LogP contribution in [0.25, 0.3) is 22.3 Å². The van der Waals surface area contributed by atoms with Gasteiger partial charge in [-0.3, -0.25) is 9.67 Å². The van der Waals surface area contributed by atoms with Gasteiger partial charge in [0.25, 0.3) is 0 Å². The average Bonchev–Trinajstić information content (AvgIpc) is 3.38. The van der Waals surface area contributed by atoms with Crippen molar-refractivity contribution >= 4 is 51.6 Å². The summed E-state index contributed by atoms with van der Waals surface area (Å²) in [7, 11) is 0. The summed E-state index contributed by atoms with van der Waals surface area (Å²) in [4.78, 5) is 14.0. The summed E-state index contributed by atoms with van der Waals surface area (Å²) in [5.74, 6) is 0.520. The van der Waals surface area contributed by atoms with E-state index >= 15 is 0 Å². The maximum absolute atomic E-state index is 14.5. The van der Waals surface area contributed by atoms with Crippen molar-refractivity contribution in [2.24, 2.45) is 5.73 Å². The molecule has 4 aromatic rings. The highest BCUT2D eigenvalue weighted by atomic mass is 35.5. The molecule has 1 aromatic carbocycles. The molecule has 0 amide bonds.